The van der Waals surface area contributed by atoms with Gasteiger partial charge in [-0.15, -0.1) is 0 Å². The molecule has 5 nitrogen and oxygen atoms in total. The van der Waals surface area contributed by atoms with E-state index in [4.69, 9.17) is 9.47 Å². The maximum atomic E-state index is 11.5. The highest BCUT2D eigenvalue weighted by Crippen LogP contribution is 2.41. The first-order valence-electron chi connectivity index (χ1n) is 8.38. The number of para-hydroxylation sites is 1. The lowest BCUT2D eigenvalue weighted by Gasteiger charge is -2.35. The summed E-state index contributed by atoms with van der Waals surface area (Å²) in [6.07, 6.45) is 4.01. The quantitative estimate of drug-likeness (QED) is 0.783. The number of carbonyl (C=O) groups is 1. The Bertz CT molecular complexity index is 563. The number of hydrogen-bond donors (Lipinski definition) is 0. The van der Waals surface area contributed by atoms with Crippen LogP contribution in [-0.2, 0) is 14.3 Å². The van der Waals surface area contributed by atoms with Gasteiger partial charge in [0.2, 0.25) is 6.41 Å². The summed E-state index contributed by atoms with van der Waals surface area (Å²) in [6.45, 7) is 3.82. The van der Waals surface area contributed by atoms with E-state index in [1.54, 1.807) is 7.11 Å². The summed E-state index contributed by atoms with van der Waals surface area (Å²) in [7, 11) is 3.76. The number of amides is 1. The number of benzene rings is 1. The monoisotopic (exact) mass is 318 g/mol. The number of methoxy groups -OCH3 is 1. The van der Waals surface area contributed by atoms with E-state index in [0.717, 1.165) is 50.1 Å². The molecule has 3 rings (SSSR count). The second kappa shape index (κ2) is 6.89. The zero-order valence-corrected chi connectivity index (χ0v) is 14.2. The largest absolute Gasteiger partial charge is 0.370 e. The van der Waals surface area contributed by atoms with Crippen LogP contribution in [0.5, 0.6) is 0 Å². The van der Waals surface area contributed by atoms with Gasteiger partial charge >= 0.3 is 0 Å². The molecule has 126 valence electrons. The normalized spacial score (nSPS) is 26.9. The van der Waals surface area contributed by atoms with Crippen LogP contribution in [0.3, 0.4) is 0 Å². The van der Waals surface area contributed by atoms with Crippen molar-refractivity contribution in [1.82, 2.24) is 0 Å². The third-order valence-electron chi connectivity index (χ3n) is 5.01. The summed E-state index contributed by atoms with van der Waals surface area (Å²) in [6, 6.07) is 6.32. The summed E-state index contributed by atoms with van der Waals surface area (Å²) in [5.74, 6) is 0.482. The molecule has 5 heteroatoms. The smallest absolute Gasteiger partial charge is 0.214 e. The van der Waals surface area contributed by atoms with Crippen LogP contribution in [0.1, 0.15) is 37.7 Å². The summed E-state index contributed by atoms with van der Waals surface area (Å²) < 4.78 is 11.1. The molecule has 0 radical (unpaired) electrons. The van der Waals surface area contributed by atoms with E-state index in [9.17, 15) is 4.79 Å². The maximum absolute atomic E-state index is 11.5. The van der Waals surface area contributed by atoms with Crippen molar-refractivity contribution in [3.8, 4) is 0 Å². The summed E-state index contributed by atoms with van der Waals surface area (Å²) >= 11 is 0. The van der Waals surface area contributed by atoms with E-state index in [1.807, 2.05) is 4.90 Å². The first-order valence-corrected chi connectivity index (χ1v) is 8.38. The fraction of sp³-hybridized carbons (Fsp3) is 0.611. The van der Waals surface area contributed by atoms with E-state index in [2.05, 4.69) is 37.1 Å². The maximum Gasteiger partial charge on any atom is 0.214 e. The highest BCUT2D eigenvalue weighted by molar-refractivity contribution is 5.87. The third kappa shape index (κ3) is 3.21. The van der Waals surface area contributed by atoms with E-state index in [1.165, 1.54) is 5.56 Å². The Kier molecular flexibility index (Phi) is 4.87. The fourth-order valence-corrected chi connectivity index (χ4v) is 3.66. The highest BCUT2D eigenvalue weighted by atomic mass is 16.7. The molecule has 2 aliphatic rings. The molecule has 1 saturated heterocycles. The molecule has 0 saturated carbocycles. The Morgan fingerprint density at radius 1 is 1.39 bits per heavy atom. The van der Waals surface area contributed by atoms with Crippen LogP contribution in [0.2, 0.25) is 0 Å². The van der Waals surface area contributed by atoms with Crippen molar-refractivity contribution < 1.29 is 14.3 Å². The molecule has 0 spiro atoms. The van der Waals surface area contributed by atoms with Gasteiger partial charge in [-0.25, -0.2) is 0 Å². The molecule has 2 aliphatic heterocycles. The summed E-state index contributed by atoms with van der Waals surface area (Å²) in [4.78, 5) is 15.5. The van der Waals surface area contributed by atoms with Crippen LogP contribution in [0.15, 0.2) is 18.2 Å². The molecule has 0 aliphatic carbocycles. The SMILES string of the molecule is COC1CCC(CN(C)c2cccc3c2N(C=O)CCC3C)O1. The van der Waals surface area contributed by atoms with Gasteiger partial charge in [0.15, 0.2) is 6.29 Å². The molecular formula is C18H26N2O3. The van der Waals surface area contributed by atoms with Crippen molar-refractivity contribution in [1.29, 1.82) is 0 Å². The first-order chi connectivity index (χ1) is 11.1. The van der Waals surface area contributed by atoms with Crippen LogP contribution in [0.25, 0.3) is 0 Å². The van der Waals surface area contributed by atoms with Gasteiger partial charge in [0.1, 0.15) is 0 Å². The van der Waals surface area contributed by atoms with E-state index in [-0.39, 0.29) is 12.4 Å². The molecule has 0 bridgehead atoms. The van der Waals surface area contributed by atoms with Crippen LogP contribution >= 0.6 is 0 Å². The number of ether oxygens (including phenoxy) is 2. The number of likely N-dealkylation sites (N-methyl/N-ethyl adjacent to an activating group) is 1. The molecule has 23 heavy (non-hydrogen) atoms. The molecule has 0 aromatic heterocycles. The second-order valence-corrected chi connectivity index (χ2v) is 6.58. The van der Waals surface area contributed by atoms with Gasteiger partial charge in [-0.1, -0.05) is 19.1 Å². The van der Waals surface area contributed by atoms with Crippen LogP contribution in [0.4, 0.5) is 11.4 Å². The predicted molar refractivity (Wildman–Crippen MR) is 91.1 cm³/mol. The zero-order valence-electron chi connectivity index (χ0n) is 14.2. The summed E-state index contributed by atoms with van der Waals surface area (Å²) in [5.41, 5.74) is 3.42. The van der Waals surface area contributed by atoms with E-state index < -0.39 is 0 Å². The minimum absolute atomic E-state index is 0.0791. The van der Waals surface area contributed by atoms with Crippen molar-refractivity contribution in [3.05, 3.63) is 23.8 Å². The van der Waals surface area contributed by atoms with Gasteiger partial charge in [0, 0.05) is 33.7 Å². The van der Waals surface area contributed by atoms with Crippen molar-refractivity contribution in [2.24, 2.45) is 0 Å². The standard InChI is InChI=1S/C18H26N2O3/c1-13-9-10-20(12-21)18-15(13)5-4-6-16(18)19(2)11-14-7-8-17(22-3)23-14/h4-6,12-14,17H,7-11H2,1-3H3. The fourth-order valence-electron chi connectivity index (χ4n) is 3.66. The van der Waals surface area contributed by atoms with Crippen LogP contribution in [-0.4, -0.2) is 46.1 Å². The van der Waals surface area contributed by atoms with Crippen LogP contribution < -0.4 is 9.80 Å². The van der Waals surface area contributed by atoms with E-state index >= 15 is 0 Å². The highest BCUT2D eigenvalue weighted by Gasteiger charge is 2.29. The number of fused-ring (bicyclic) bond motifs is 1. The lowest BCUT2D eigenvalue weighted by Crippen LogP contribution is -2.34. The predicted octanol–water partition coefficient (Wildman–Crippen LogP) is 2.74. The average Bonchev–Trinajstić information content (AvgIpc) is 3.02. The molecule has 1 fully saturated rings. The van der Waals surface area contributed by atoms with Gasteiger partial charge in [-0.3, -0.25) is 4.79 Å². The Hall–Kier alpha value is -1.59. The Morgan fingerprint density at radius 3 is 2.91 bits per heavy atom. The zero-order chi connectivity index (χ0) is 16.4. The van der Waals surface area contributed by atoms with E-state index in [0.29, 0.717) is 5.92 Å². The lowest BCUT2D eigenvalue weighted by atomic mass is 9.91. The Balaban J connectivity index is 1.82. The van der Waals surface area contributed by atoms with Gasteiger partial charge in [-0.05, 0) is 30.4 Å². The minimum atomic E-state index is -0.0791. The molecule has 3 atom stereocenters. The van der Waals surface area contributed by atoms with Crippen LogP contribution in [0, 0.1) is 0 Å². The molecule has 2 heterocycles. The lowest BCUT2D eigenvalue weighted by molar-refractivity contribution is -0.112. The number of anilines is 2. The van der Waals surface area contributed by atoms with Gasteiger partial charge < -0.3 is 19.3 Å². The minimum Gasteiger partial charge on any atom is -0.370 e. The van der Waals surface area contributed by atoms with Crippen molar-refractivity contribution in [3.63, 3.8) is 0 Å². The average molecular weight is 318 g/mol. The molecular weight excluding hydrogens is 292 g/mol. The molecule has 1 aromatic rings. The molecule has 1 amide bonds. The Morgan fingerprint density at radius 2 is 2.22 bits per heavy atom. The summed E-state index contributed by atoms with van der Waals surface area (Å²) in [5, 5.41) is 0. The number of rotatable bonds is 5. The van der Waals surface area contributed by atoms with Crippen molar-refractivity contribution in [2.45, 2.75) is 44.5 Å². The molecule has 0 N–H and O–H groups in total. The van der Waals surface area contributed by atoms with Crippen molar-refractivity contribution in [2.75, 3.05) is 37.0 Å². The number of hydrogen-bond acceptors (Lipinski definition) is 4. The topological polar surface area (TPSA) is 42.0 Å². The molecule has 1 aromatic carbocycles. The third-order valence-corrected chi connectivity index (χ3v) is 5.01. The number of nitrogens with zero attached hydrogens (tertiary/aromatic N) is 2. The first kappa shape index (κ1) is 16.3. The van der Waals surface area contributed by atoms with Gasteiger partial charge in [0.05, 0.1) is 17.5 Å². The Labute approximate surface area is 138 Å². The molecule has 3 unspecified atom stereocenters. The van der Waals surface area contributed by atoms with Crippen molar-refractivity contribution >= 4 is 17.8 Å². The second-order valence-electron chi connectivity index (χ2n) is 6.58. The number of carbonyl (C=O) groups excluding carboxylic acids is 1. The van der Waals surface area contributed by atoms with Gasteiger partial charge in [0.25, 0.3) is 0 Å². The van der Waals surface area contributed by atoms with Gasteiger partial charge in [-0.2, -0.15) is 0 Å².